The van der Waals surface area contributed by atoms with Crippen LogP contribution < -0.4 is 10.6 Å². The predicted octanol–water partition coefficient (Wildman–Crippen LogP) is 3.85. The fourth-order valence-electron chi connectivity index (χ4n) is 1.56. The summed E-state index contributed by atoms with van der Waals surface area (Å²) in [5, 5.41) is 15.9. The van der Waals surface area contributed by atoms with Gasteiger partial charge in [0.05, 0.1) is 10.0 Å². The molecule has 0 aliphatic carbocycles. The number of carbonyl (C=O) groups excluding carboxylic acids is 1. The molecule has 1 atom stereocenters. The Balaban J connectivity index is 1.97. The van der Waals surface area contributed by atoms with Gasteiger partial charge in [-0.1, -0.05) is 41.5 Å². The third kappa shape index (κ3) is 4.30. The fourth-order valence-corrected chi connectivity index (χ4v) is 2.54. The highest BCUT2D eigenvalue weighted by Crippen LogP contribution is 2.25. The number of nitrogens with one attached hydrogen (secondary N) is 2. The van der Waals surface area contributed by atoms with E-state index in [2.05, 4.69) is 20.8 Å². The SMILES string of the molecule is CCc1nnc(NC(=O)[C@H](C)Nc2ccc(Cl)c(Cl)c2)s1. The molecule has 0 unspecified atom stereocenters. The molecule has 0 bridgehead atoms. The number of hydrogen-bond donors (Lipinski definition) is 2. The van der Waals surface area contributed by atoms with Gasteiger partial charge in [0.15, 0.2) is 0 Å². The molecule has 2 N–H and O–H groups in total. The number of halogens is 2. The third-order valence-corrected chi connectivity index (χ3v) is 4.42. The molecule has 0 radical (unpaired) electrons. The Kier molecular flexibility index (Phi) is 5.39. The van der Waals surface area contributed by atoms with E-state index in [4.69, 9.17) is 23.2 Å². The van der Waals surface area contributed by atoms with Crippen LogP contribution in [0.5, 0.6) is 0 Å². The number of carbonyl (C=O) groups is 1. The molecule has 2 aromatic rings. The summed E-state index contributed by atoms with van der Waals surface area (Å²) in [6.45, 7) is 3.74. The van der Waals surface area contributed by atoms with Gasteiger partial charge in [0.2, 0.25) is 11.0 Å². The fraction of sp³-hybridized carbons (Fsp3) is 0.308. The molecule has 1 aromatic heterocycles. The summed E-state index contributed by atoms with van der Waals surface area (Å²) in [6.07, 6.45) is 0.796. The van der Waals surface area contributed by atoms with Crippen LogP contribution in [-0.2, 0) is 11.2 Å². The topological polar surface area (TPSA) is 66.9 Å². The lowest BCUT2D eigenvalue weighted by Gasteiger charge is -2.14. The zero-order chi connectivity index (χ0) is 15.4. The second kappa shape index (κ2) is 7.06. The van der Waals surface area contributed by atoms with Crippen molar-refractivity contribution in [1.29, 1.82) is 0 Å². The van der Waals surface area contributed by atoms with E-state index in [9.17, 15) is 4.79 Å². The van der Waals surface area contributed by atoms with Gasteiger partial charge in [-0.3, -0.25) is 10.1 Å². The van der Waals surface area contributed by atoms with Crippen molar-refractivity contribution in [2.75, 3.05) is 10.6 Å². The van der Waals surface area contributed by atoms with Gasteiger partial charge in [-0.15, -0.1) is 10.2 Å². The van der Waals surface area contributed by atoms with Crippen molar-refractivity contribution < 1.29 is 4.79 Å². The molecule has 1 heterocycles. The Morgan fingerprint density at radius 1 is 1.33 bits per heavy atom. The van der Waals surface area contributed by atoms with Gasteiger partial charge in [0.25, 0.3) is 0 Å². The first-order valence-corrected chi connectivity index (χ1v) is 7.91. The standard InChI is InChI=1S/C13H14Cl2N4OS/c1-3-11-18-19-13(21-11)17-12(20)7(2)16-8-4-5-9(14)10(15)6-8/h4-7,16H,3H2,1-2H3,(H,17,19,20)/t7-/m0/s1. The van der Waals surface area contributed by atoms with Crippen LogP contribution in [0.1, 0.15) is 18.9 Å². The van der Waals surface area contributed by atoms with Gasteiger partial charge in [-0.05, 0) is 31.5 Å². The molecule has 0 saturated heterocycles. The Morgan fingerprint density at radius 3 is 2.71 bits per heavy atom. The van der Waals surface area contributed by atoms with Crippen LogP contribution in [0.4, 0.5) is 10.8 Å². The van der Waals surface area contributed by atoms with E-state index < -0.39 is 6.04 Å². The number of rotatable bonds is 5. The molecule has 0 spiro atoms. The molecule has 0 aliphatic rings. The summed E-state index contributed by atoms with van der Waals surface area (Å²) in [6, 6.07) is 4.66. The normalized spacial score (nSPS) is 12.0. The van der Waals surface area contributed by atoms with Gasteiger partial charge in [-0.2, -0.15) is 0 Å². The molecule has 21 heavy (non-hydrogen) atoms. The van der Waals surface area contributed by atoms with E-state index in [0.29, 0.717) is 15.2 Å². The first-order valence-electron chi connectivity index (χ1n) is 6.34. The lowest BCUT2D eigenvalue weighted by Crippen LogP contribution is -2.31. The van der Waals surface area contributed by atoms with Crippen molar-refractivity contribution in [1.82, 2.24) is 10.2 Å². The Morgan fingerprint density at radius 2 is 2.10 bits per heavy atom. The molecule has 0 aliphatic heterocycles. The first-order chi connectivity index (χ1) is 9.99. The van der Waals surface area contributed by atoms with Gasteiger partial charge >= 0.3 is 0 Å². The van der Waals surface area contributed by atoms with Gasteiger partial charge in [-0.25, -0.2) is 0 Å². The average Bonchev–Trinajstić information content (AvgIpc) is 2.90. The Hall–Kier alpha value is -1.37. The number of anilines is 2. The molecular formula is C13H14Cl2N4OS. The smallest absolute Gasteiger partial charge is 0.248 e. The molecule has 1 amide bonds. The summed E-state index contributed by atoms with van der Waals surface area (Å²) < 4.78 is 0. The highest BCUT2D eigenvalue weighted by atomic mass is 35.5. The minimum atomic E-state index is -0.448. The summed E-state index contributed by atoms with van der Waals surface area (Å²) in [7, 11) is 0. The van der Waals surface area contributed by atoms with Gasteiger partial charge in [0, 0.05) is 5.69 Å². The van der Waals surface area contributed by atoms with Crippen LogP contribution in [0.15, 0.2) is 18.2 Å². The summed E-state index contributed by atoms with van der Waals surface area (Å²) in [5.74, 6) is -0.195. The largest absolute Gasteiger partial charge is 0.374 e. The van der Waals surface area contributed by atoms with E-state index >= 15 is 0 Å². The lowest BCUT2D eigenvalue weighted by atomic mass is 10.2. The summed E-state index contributed by atoms with van der Waals surface area (Å²) in [4.78, 5) is 12.1. The maximum absolute atomic E-state index is 12.1. The summed E-state index contributed by atoms with van der Waals surface area (Å²) >= 11 is 13.2. The molecule has 2 rings (SSSR count). The van der Waals surface area contributed by atoms with E-state index in [-0.39, 0.29) is 5.91 Å². The number of aromatic nitrogens is 2. The molecule has 8 heteroatoms. The molecule has 1 aromatic carbocycles. The summed E-state index contributed by atoms with van der Waals surface area (Å²) in [5.41, 5.74) is 0.721. The van der Waals surface area contributed by atoms with Crippen molar-refractivity contribution in [3.63, 3.8) is 0 Å². The lowest BCUT2D eigenvalue weighted by molar-refractivity contribution is -0.116. The number of nitrogens with zero attached hydrogens (tertiary/aromatic N) is 2. The van der Waals surface area contributed by atoms with Crippen LogP contribution in [0.25, 0.3) is 0 Å². The first kappa shape index (κ1) is 16.0. The molecule has 0 fully saturated rings. The van der Waals surface area contributed by atoms with Crippen molar-refractivity contribution in [2.45, 2.75) is 26.3 Å². The van der Waals surface area contributed by atoms with Gasteiger partial charge in [0.1, 0.15) is 11.0 Å². The van der Waals surface area contributed by atoms with Crippen molar-refractivity contribution in [3.05, 3.63) is 33.3 Å². The maximum atomic E-state index is 12.1. The highest BCUT2D eigenvalue weighted by molar-refractivity contribution is 7.15. The zero-order valence-corrected chi connectivity index (χ0v) is 13.8. The number of hydrogen-bond acceptors (Lipinski definition) is 5. The second-order valence-electron chi connectivity index (χ2n) is 4.34. The highest BCUT2D eigenvalue weighted by Gasteiger charge is 2.15. The molecule has 112 valence electrons. The van der Waals surface area contributed by atoms with Gasteiger partial charge < -0.3 is 5.32 Å². The second-order valence-corrected chi connectivity index (χ2v) is 6.22. The predicted molar refractivity (Wildman–Crippen MR) is 87.5 cm³/mol. The van der Waals surface area contributed by atoms with Crippen LogP contribution in [-0.4, -0.2) is 22.1 Å². The maximum Gasteiger partial charge on any atom is 0.248 e. The van der Waals surface area contributed by atoms with Crippen LogP contribution in [0, 0.1) is 0 Å². The Bertz CT molecular complexity index is 647. The minimum Gasteiger partial charge on any atom is -0.374 e. The van der Waals surface area contributed by atoms with Crippen LogP contribution in [0.3, 0.4) is 0 Å². The minimum absolute atomic E-state index is 0.195. The van der Waals surface area contributed by atoms with Crippen molar-refractivity contribution in [3.8, 4) is 0 Å². The van der Waals surface area contributed by atoms with E-state index in [1.54, 1.807) is 25.1 Å². The monoisotopic (exact) mass is 344 g/mol. The number of amides is 1. The van der Waals surface area contributed by atoms with Crippen molar-refractivity contribution >= 4 is 51.3 Å². The number of aryl methyl sites for hydroxylation is 1. The van der Waals surface area contributed by atoms with Crippen molar-refractivity contribution in [2.24, 2.45) is 0 Å². The van der Waals surface area contributed by atoms with Crippen LogP contribution in [0.2, 0.25) is 10.0 Å². The average molecular weight is 345 g/mol. The molecule has 0 saturated carbocycles. The van der Waals surface area contributed by atoms with E-state index in [1.165, 1.54) is 11.3 Å². The Labute approximate surface area is 136 Å². The number of benzene rings is 1. The molecular weight excluding hydrogens is 331 g/mol. The third-order valence-electron chi connectivity index (χ3n) is 2.70. The van der Waals surface area contributed by atoms with E-state index in [0.717, 1.165) is 17.1 Å². The zero-order valence-electron chi connectivity index (χ0n) is 11.5. The van der Waals surface area contributed by atoms with E-state index in [1.807, 2.05) is 6.92 Å². The van der Waals surface area contributed by atoms with Crippen LogP contribution >= 0.6 is 34.5 Å². The molecule has 5 nitrogen and oxygen atoms in total. The quantitative estimate of drug-likeness (QED) is 0.864.